The number of rotatable bonds is 37. The topological polar surface area (TPSA) is 517 Å². The summed E-state index contributed by atoms with van der Waals surface area (Å²) in [5, 5.41) is 94.5. The Morgan fingerprint density at radius 2 is 0.389 bits per heavy atom. The van der Waals surface area contributed by atoms with Crippen LogP contribution in [0.25, 0.3) is 0 Å². The summed E-state index contributed by atoms with van der Waals surface area (Å²) in [5.74, 6) is -0.937. The molecule has 1 atom stereocenters. The maximum Gasteiger partial charge on any atom is 0.311 e. The lowest BCUT2D eigenvalue weighted by Crippen LogP contribution is -2.36. The minimum absolute atomic E-state index is 0.107. The van der Waals surface area contributed by atoms with Crippen molar-refractivity contribution in [3.05, 3.63) is 0 Å². The van der Waals surface area contributed by atoms with Crippen molar-refractivity contribution >= 4 is 5.97 Å². The highest BCUT2D eigenvalue weighted by Gasteiger charge is 2.32. The average Bonchev–Trinajstić information content (AvgIpc) is 0.888. The summed E-state index contributed by atoms with van der Waals surface area (Å²) < 4.78 is 0. The third-order valence-electron chi connectivity index (χ3n) is 12.4. The Balaban J connectivity index is -0.0000000393. The van der Waals surface area contributed by atoms with Crippen molar-refractivity contribution in [3.63, 3.8) is 0 Å². The van der Waals surface area contributed by atoms with E-state index in [4.69, 9.17) is 76.2 Å². The zero-order chi connectivity index (χ0) is 95.6. The van der Waals surface area contributed by atoms with Crippen LogP contribution in [0.4, 0.5) is 0 Å². The zero-order valence-electron chi connectivity index (χ0n) is 79.9. The minimum atomic E-state index is -0.944. The molecule has 0 aromatic carbocycles. The molecule has 0 aromatic heterocycles. The Bertz CT molecular complexity index is 1120. The number of aliphatic hydroxyl groups is 7. The largest absolute Gasteiger partial charge is 0.481 e. The first-order valence-corrected chi connectivity index (χ1v) is 34.9. The highest BCUT2D eigenvalue weighted by Crippen LogP contribution is 2.25. The van der Waals surface area contributed by atoms with E-state index in [0.717, 1.165) is 47.0 Å². The van der Waals surface area contributed by atoms with Crippen molar-refractivity contribution in [1.29, 1.82) is 0 Å². The molecule has 0 saturated heterocycles. The van der Waals surface area contributed by atoms with Gasteiger partial charge < -0.3 is 40.9 Å². The first-order valence-electron chi connectivity index (χ1n) is 34.9. The molecule has 0 spiro atoms. The molecule has 0 unspecified atom stereocenters. The van der Waals surface area contributed by atoms with Crippen molar-refractivity contribution in [2.24, 2.45) is 37.9 Å². The van der Waals surface area contributed by atoms with E-state index in [9.17, 15) is 4.79 Å². The molecule has 11 N–H and O–H groups in total. The molecule has 720 valence electrons. The highest BCUT2D eigenvalue weighted by atomic mass is 17.5. The molecule has 0 fully saturated rings. The zero-order valence-corrected chi connectivity index (χ0v) is 79.9. The first kappa shape index (κ1) is 169. The Morgan fingerprint density at radius 3 is 0.460 bits per heavy atom. The van der Waals surface area contributed by atoms with Crippen LogP contribution in [-0.2, 0) is 152 Å². The van der Waals surface area contributed by atoms with E-state index in [1.807, 2.05) is 76.2 Å². The van der Waals surface area contributed by atoms with Gasteiger partial charge in [-0.2, -0.15) is 0 Å². The second kappa shape index (κ2) is 165. The number of carbonyl (C=O) groups is 1. The van der Waals surface area contributed by atoms with E-state index in [0.29, 0.717) is 58.1 Å². The predicted octanol–water partition coefficient (Wildman–Crippen LogP) is 12.2. The predicted molar refractivity (Wildman–Crippen MR) is 430 cm³/mol. The van der Waals surface area contributed by atoms with Gasteiger partial charge in [-0.25, -0.2) is 148 Å². The second-order valence-corrected chi connectivity index (χ2v) is 22.5. The molecule has 0 heterocycles. The van der Waals surface area contributed by atoms with Gasteiger partial charge in [-0.3, -0.25) is 4.79 Å². The van der Waals surface area contributed by atoms with E-state index in [1.165, 1.54) is 176 Å². The molecule has 42 heteroatoms. The van der Waals surface area contributed by atoms with Gasteiger partial charge in [0.25, 0.3) is 0 Å². The first-order chi connectivity index (χ1) is 53.1. The number of carboxylic acid groups (broad SMARTS) is 1. The van der Waals surface area contributed by atoms with Crippen LogP contribution in [0.2, 0.25) is 0 Å². The Morgan fingerprint density at radius 1 is 0.230 bits per heavy atom. The summed E-state index contributed by atoms with van der Waals surface area (Å²) in [6, 6.07) is 0. The normalized spacial score (nSPS) is 9.99. The number of aliphatic carboxylic acids is 1. The summed E-state index contributed by atoms with van der Waals surface area (Å²) >= 11 is 0. The van der Waals surface area contributed by atoms with Crippen molar-refractivity contribution in [2.75, 3.05) is 237 Å². The fourth-order valence-electron chi connectivity index (χ4n) is 2.37. The lowest BCUT2D eigenvalue weighted by molar-refractivity contribution is -0.479. The lowest BCUT2D eigenvalue weighted by Gasteiger charge is -2.29. The molecular formula is C71H184O42. The maximum atomic E-state index is 10.3. The van der Waals surface area contributed by atoms with Gasteiger partial charge in [0.2, 0.25) is 0 Å². The Hall–Kier alpha value is -2.13. The van der Waals surface area contributed by atoms with Gasteiger partial charge in [-0.15, -0.1) is 0 Å². The number of carboxylic acids is 1. The van der Waals surface area contributed by atoms with Gasteiger partial charge >= 0.3 is 5.97 Å². The summed E-state index contributed by atoms with van der Waals surface area (Å²) in [5.41, 5.74) is -0.381. The number of aliphatic hydroxyl groups excluding tert-OH is 7. The third kappa shape index (κ3) is 248. The van der Waals surface area contributed by atoms with Gasteiger partial charge in [-0.1, -0.05) is 173 Å². The van der Waals surface area contributed by atoms with E-state index in [-0.39, 0.29) is 40.3 Å². The quantitative estimate of drug-likeness (QED) is 0.0203. The van der Waals surface area contributed by atoms with Gasteiger partial charge in [0, 0.05) is 45.4 Å². The second-order valence-electron chi connectivity index (χ2n) is 22.5. The van der Waals surface area contributed by atoms with Crippen molar-refractivity contribution < 1.29 is 208 Å². The average molecular weight is 1710 g/mol. The number of hydrogen-bond donors (Lipinski definition) is 11. The van der Waals surface area contributed by atoms with Crippen molar-refractivity contribution in [2.45, 2.75) is 197 Å². The summed E-state index contributed by atoms with van der Waals surface area (Å²) in [4.78, 5) is 124. The summed E-state index contributed by atoms with van der Waals surface area (Å²) in [7, 11) is 34.4. The van der Waals surface area contributed by atoms with Gasteiger partial charge in [0.1, 0.15) is 0 Å². The lowest BCUT2D eigenvalue weighted by atomic mass is 9.88. The number of hydrogen-bond acceptors (Lipinski definition) is 41. The van der Waals surface area contributed by atoms with Crippen LogP contribution in [0.15, 0.2) is 0 Å². The van der Waals surface area contributed by atoms with Gasteiger partial charge in [0.15, 0.2) is 0 Å². The SMILES string of the molecule is CC.CC.CCC(C)(C)CC.CCC(C)(C)CO.CCC(C)(C)CO.CCC(C)(C)COOC.CCC(COOC)(COOC)COOC.CC[C@](C)(CO)C(=O)O.CO.CO.CO.COOC.COOC.COOC.COOC.COOC.COOC.COOC.COOCC(C)(C)CO.COOO.COOO.COOO. The fourth-order valence-corrected chi connectivity index (χ4v) is 2.37. The molecule has 0 aliphatic heterocycles. The summed E-state index contributed by atoms with van der Waals surface area (Å²) in [6.45, 7) is 47.4. The Labute approximate surface area is 684 Å². The smallest absolute Gasteiger partial charge is 0.311 e. The molecule has 0 amide bonds. The van der Waals surface area contributed by atoms with Crippen LogP contribution in [0.1, 0.15) is 197 Å². The molecule has 0 aromatic rings. The van der Waals surface area contributed by atoms with E-state index < -0.39 is 11.4 Å². The van der Waals surface area contributed by atoms with Crippen molar-refractivity contribution in [1.82, 2.24) is 0 Å². The van der Waals surface area contributed by atoms with Gasteiger partial charge in [-0.05, 0) is 60.7 Å². The van der Waals surface area contributed by atoms with Crippen LogP contribution in [0, 0.1) is 37.9 Å². The molecule has 113 heavy (non-hydrogen) atoms. The minimum Gasteiger partial charge on any atom is -0.481 e. The summed E-state index contributed by atoms with van der Waals surface area (Å²) in [6.07, 6.45) is 7.03. The molecule has 0 rings (SSSR count). The Kier molecular flexibility index (Phi) is 247. The molecule has 0 bridgehead atoms. The molecule has 0 radical (unpaired) electrons. The van der Waals surface area contributed by atoms with Crippen LogP contribution < -0.4 is 0 Å². The molecular weight excluding hydrogens is 1520 g/mol. The van der Waals surface area contributed by atoms with Crippen LogP contribution in [-0.4, -0.2) is 300 Å². The molecule has 42 nitrogen and oxygen atoms in total. The van der Waals surface area contributed by atoms with Crippen LogP contribution in [0.5, 0.6) is 0 Å². The molecule has 0 aliphatic rings. The van der Waals surface area contributed by atoms with Crippen LogP contribution >= 0.6 is 0 Å². The van der Waals surface area contributed by atoms with Crippen LogP contribution in [0.3, 0.4) is 0 Å². The van der Waals surface area contributed by atoms with E-state index in [2.05, 4.69) is 190 Å². The maximum absolute atomic E-state index is 10.3. The molecule has 0 aliphatic carbocycles. The van der Waals surface area contributed by atoms with Gasteiger partial charge in [0.05, 0.1) is 208 Å². The van der Waals surface area contributed by atoms with E-state index in [1.54, 1.807) is 6.92 Å². The highest BCUT2D eigenvalue weighted by molar-refractivity contribution is 5.74. The van der Waals surface area contributed by atoms with E-state index >= 15 is 0 Å². The standard InChI is InChI=1S/C9H20O6.C7H16O2.C7H16.C6H14O3.C6H12O3.2C6H14O.7C2H6O2.2C2H6.3CH4O3.3CH4O/c1-5-9(6-13-10-2,7-14-11-3)8-15-12-4;1-5-7(2,3)6-9-8-4;1-5-7(3,4)6-2;1-6(2,4-7)5-9-8-3;1-3-6(2,4-7)5(8)9;2*1-4-6(2,3)5-7;7*1-3-4-2;2*1-2;3*1-3-4-2;3*1-2/h5-8H2,1-4H3;5-6H2,1-4H3;5-6H2,1-4H3;7H,4-5H2,1-3H3;7H,3-4H2,1-2H3,(H,8,9);2*7H,4-5H2,1-3H3;7*1-2H3;2*1-2H3;3*2H,1H3;3*2H,1H3/t;;;;6-;;;;;;;;;;;;;;;;;/m....1................./s1. The monoisotopic (exact) mass is 1710 g/mol. The van der Waals surface area contributed by atoms with Crippen molar-refractivity contribution in [3.8, 4) is 0 Å². The molecule has 0 saturated carbocycles. The fraction of sp³-hybridized carbons (Fsp3) is 0.986. The third-order valence-corrected chi connectivity index (χ3v) is 12.4.